The third kappa shape index (κ3) is 40.1. The Hall–Kier alpha value is -0.310. The second-order valence-electron chi connectivity index (χ2n) is 6.66. The minimum absolute atomic E-state index is 0. The van der Waals surface area contributed by atoms with Gasteiger partial charge in [0, 0.05) is 10.7 Å². The highest BCUT2D eigenvalue weighted by atomic mass is 35.7. The summed E-state index contributed by atoms with van der Waals surface area (Å²) < 4.78 is 114. The lowest BCUT2D eigenvalue weighted by atomic mass is 10.2. The van der Waals surface area contributed by atoms with E-state index in [0.29, 0.717) is 6.42 Å². The number of alkyl halides is 6. The molecule has 2 unspecified atom stereocenters. The zero-order valence-electron chi connectivity index (χ0n) is 17.8. The molecule has 0 bridgehead atoms. The summed E-state index contributed by atoms with van der Waals surface area (Å²) in [5.74, 6) is -3.89. The molecule has 0 saturated heterocycles. The average Bonchev–Trinajstić information content (AvgIpc) is 2.45. The summed E-state index contributed by atoms with van der Waals surface area (Å²) in [6.45, 7) is 7.30. The number of aliphatic hydroxyl groups excluding tert-OH is 1. The van der Waals surface area contributed by atoms with Crippen LogP contribution in [0.15, 0.2) is 0 Å². The van der Waals surface area contributed by atoms with E-state index in [1.807, 2.05) is 13.8 Å². The molecule has 0 radical (unpaired) electrons. The summed E-state index contributed by atoms with van der Waals surface area (Å²) in [4.78, 5) is 0. The van der Waals surface area contributed by atoms with Crippen LogP contribution >= 0.6 is 10.7 Å². The molecular weight excluding hydrogens is 514 g/mol. The van der Waals surface area contributed by atoms with Crippen molar-refractivity contribution in [2.24, 2.45) is 0 Å². The third-order valence-corrected chi connectivity index (χ3v) is 5.23. The molecule has 0 aromatic rings. The van der Waals surface area contributed by atoms with Crippen molar-refractivity contribution in [3.05, 3.63) is 0 Å². The molecule has 2 atom stereocenters. The lowest BCUT2D eigenvalue weighted by Crippen LogP contribution is -2.27. The second kappa shape index (κ2) is 18.1. The highest BCUT2D eigenvalue weighted by molar-refractivity contribution is 8.13. The van der Waals surface area contributed by atoms with Crippen LogP contribution in [0.25, 0.3) is 0 Å². The molecule has 200 valence electrons. The highest BCUT2D eigenvalue weighted by Gasteiger charge is 2.36. The Labute approximate surface area is 192 Å². The molecule has 0 aliphatic carbocycles. The van der Waals surface area contributed by atoms with Crippen molar-refractivity contribution >= 4 is 29.9 Å². The number of unbranched alkanes of at least 4 members (excludes halogenated alkanes) is 2. The fourth-order valence-electron chi connectivity index (χ4n) is 1.72. The Bertz CT molecular complexity index is 649. The van der Waals surface area contributed by atoms with Crippen molar-refractivity contribution in [3.8, 4) is 0 Å². The second-order valence-corrected chi connectivity index (χ2v) is 11.0. The van der Waals surface area contributed by atoms with Crippen LogP contribution in [-0.4, -0.2) is 58.0 Å². The van der Waals surface area contributed by atoms with Crippen LogP contribution in [0, 0.1) is 0 Å². The van der Waals surface area contributed by atoms with Crippen molar-refractivity contribution in [1.29, 1.82) is 0 Å². The average molecular weight is 549 g/mol. The topological polar surface area (TPSA) is 97.7 Å². The number of hydrogen-bond donors (Lipinski definition) is 1. The van der Waals surface area contributed by atoms with Gasteiger partial charge in [-0.3, -0.25) is 4.18 Å². The first-order chi connectivity index (χ1) is 13.6. The van der Waals surface area contributed by atoms with E-state index in [1.54, 1.807) is 0 Å². The maximum absolute atomic E-state index is 11.8. The minimum atomic E-state index is -4.75. The molecule has 15 heteroatoms. The molecule has 0 aromatic heterocycles. The van der Waals surface area contributed by atoms with Gasteiger partial charge in [0.2, 0.25) is 9.05 Å². The van der Waals surface area contributed by atoms with Crippen LogP contribution in [0.4, 0.5) is 26.3 Å². The Morgan fingerprint density at radius 2 is 1.22 bits per heavy atom. The van der Waals surface area contributed by atoms with Gasteiger partial charge in [-0.1, -0.05) is 47.0 Å². The van der Waals surface area contributed by atoms with E-state index < -0.39 is 49.1 Å². The van der Waals surface area contributed by atoms with Gasteiger partial charge in [0.05, 0.1) is 12.2 Å². The van der Waals surface area contributed by atoms with Crippen LogP contribution in [0.1, 0.15) is 73.6 Å². The Morgan fingerprint density at radius 1 is 0.844 bits per heavy atom. The first-order valence-electron chi connectivity index (χ1n) is 9.29. The molecule has 0 saturated carbocycles. The number of halogens is 7. The molecular formula is C17H35ClF6O6S2. The minimum Gasteiger partial charge on any atom is -0.393 e. The summed E-state index contributed by atoms with van der Waals surface area (Å²) in [6, 6.07) is 0. The Balaban J connectivity index is -0.000000198. The highest BCUT2D eigenvalue weighted by Crippen LogP contribution is 2.20. The Morgan fingerprint density at radius 3 is 1.44 bits per heavy atom. The van der Waals surface area contributed by atoms with E-state index in [-0.39, 0.29) is 13.5 Å². The molecule has 0 aliphatic heterocycles. The number of rotatable bonds is 10. The van der Waals surface area contributed by atoms with Crippen molar-refractivity contribution in [1.82, 2.24) is 0 Å². The van der Waals surface area contributed by atoms with Gasteiger partial charge in [-0.2, -0.15) is 34.8 Å². The van der Waals surface area contributed by atoms with E-state index in [1.165, 1.54) is 13.3 Å². The van der Waals surface area contributed by atoms with Crippen molar-refractivity contribution in [2.75, 3.05) is 11.5 Å². The fraction of sp³-hybridized carbons (Fsp3) is 1.00. The summed E-state index contributed by atoms with van der Waals surface area (Å²) in [7, 11) is -4.66. The SMILES string of the molecule is C.CCCCC(C)O.CCCCC(C)OS(=O)(=O)CC(F)(F)F.O=S(=O)(Cl)CC(F)(F)F. The molecule has 32 heavy (non-hydrogen) atoms. The van der Waals surface area contributed by atoms with Gasteiger partial charge in [0.15, 0.2) is 11.5 Å². The first kappa shape index (κ1) is 38.9. The molecule has 0 aliphatic rings. The first-order valence-corrected chi connectivity index (χ1v) is 13.3. The molecule has 6 nitrogen and oxygen atoms in total. The van der Waals surface area contributed by atoms with Crippen LogP contribution in [0.2, 0.25) is 0 Å². The van der Waals surface area contributed by atoms with E-state index in [0.717, 1.165) is 25.7 Å². The zero-order chi connectivity index (χ0) is 25.5. The lowest BCUT2D eigenvalue weighted by Gasteiger charge is -2.13. The van der Waals surface area contributed by atoms with E-state index in [4.69, 9.17) is 5.11 Å². The van der Waals surface area contributed by atoms with E-state index in [2.05, 4.69) is 21.8 Å². The lowest BCUT2D eigenvalue weighted by molar-refractivity contribution is -0.108. The maximum Gasteiger partial charge on any atom is 0.405 e. The molecule has 0 rings (SSSR count). The predicted molar refractivity (Wildman–Crippen MR) is 114 cm³/mol. The quantitative estimate of drug-likeness (QED) is 0.211. The normalized spacial score (nSPS) is 14.1. The Kier molecular flexibility index (Phi) is 22.0. The standard InChI is InChI=1S/C8H15F3O3S.C6H14O.C2H2ClF3O2S.CH4/c1-3-4-5-7(2)14-15(12,13)6-8(9,10)11;1-3-4-5-6(2)7;3-9(7,8)1-2(4,5)6;/h7H,3-6H2,1-2H3;6-7H,3-5H2,1-2H3;1H2;1H4. The third-order valence-electron chi connectivity index (χ3n) is 2.93. The molecule has 0 aromatic carbocycles. The maximum atomic E-state index is 11.8. The monoisotopic (exact) mass is 548 g/mol. The van der Waals surface area contributed by atoms with Gasteiger partial charge in [-0.05, 0) is 26.7 Å². The predicted octanol–water partition coefficient (Wildman–Crippen LogP) is 5.78. The van der Waals surface area contributed by atoms with Crippen LogP contribution in [0.3, 0.4) is 0 Å². The van der Waals surface area contributed by atoms with Crippen LogP contribution in [0.5, 0.6) is 0 Å². The fourth-order valence-corrected chi connectivity index (χ4v) is 3.55. The number of hydrogen-bond acceptors (Lipinski definition) is 6. The van der Waals surface area contributed by atoms with Crippen molar-refractivity contribution in [2.45, 2.75) is 98.2 Å². The van der Waals surface area contributed by atoms with Crippen molar-refractivity contribution in [3.63, 3.8) is 0 Å². The van der Waals surface area contributed by atoms with Gasteiger partial charge in [-0.25, -0.2) is 8.42 Å². The summed E-state index contributed by atoms with van der Waals surface area (Å²) in [5.41, 5.74) is 0. The van der Waals surface area contributed by atoms with E-state index in [9.17, 15) is 43.2 Å². The molecule has 0 heterocycles. The molecule has 1 N–H and O–H groups in total. The summed E-state index contributed by atoms with van der Waals surface area (Å²) >= 11 is 0. The molecule has 0 spiro atoms. The van der Waals surface area contributed by atoms with Crippen molar-refractivity contribution < 1.29 is 52.5 Å². The van der Waals surface area contributed by atoms with Gasteiger partial charge in [-0.15, -0.1) is 0 Å². The largest absolute Gasteiger partial charge is 0.405 e. The van der Waals surface area contributed by atoms with Gasteiger partial charge < -0.3 is 5.11 Å². The van der Waals surface area contributed by atoms with E-state index >= 15 is 0 Å². The number of aliphatic hydroxyl groups is 1. The van der Waals surface area contributed by atoms with Crippen LogP contribution in [-0.2, 0) is 23.4 Å². The van der Waals surface area contributed by atoms with Gasteiger partial charge >= 0.3 is 12.4 Å². The van der Waals surface area contributed by atoms with Gasteiger partial charge in [0.1, 0.15) is 0 Å². The molecule has 0 fully saturated rings. The molecule has 0 amide bonds. The summed E-state index contributed by atoms with van der Waals surface area (Å²) in [6.07, 6.45) is -4.98. The van der Waals surface area contributed by atoms with Crippen LogP contribution < -0.4 is 0 Å². The smallest absolute Gasteiger partial charge is 0.393 e. The summed E-state index contributed by atoms with van der Waals surface area (Å²) in [5, 5.41) is 8.68. The van der Waals surface area contributed by atoms with Gasteiger partial charge in [0.25, 0.3) is 10.1 Å². The zero-order valence-corrected chi connectivity index (χ0v) is 20.2.